The minimum Gasteiger partial charge on any atom is -0.484 e. The minimum atomic E-state index is -0.680. The third-order valence-corrected chi connectivity index (χ3v) is 4.89. The zero-order chi connectivity index (χ0) is 22.1. The molecule has 30 heavy (non-hydrogen) atoms. The highest BCUT2D eigenvalue weighted by atomic mass is 19.1. The number of ether oxygens (including phenoxy) is 1. The molecule has 0 bridgehead atoms. The fourth-order valence-corrected chi connectivity index (χ4v) is 2.94. The molecule has 0 heterocycles. The monoisotopic (exact) mass is 414 g/mol. The van der Waals surface area contributed by atoms with E-state index in [9.17, 15) is 14.0 Å². The molecule has 2 aromatic carbocycles. The summed E-state index contributed by atoms with van der Waals surface area (Å²) in [6.07, 6.45) is 0.805. The Balaban J connectivity index is 2.09. The first-order chi connectivity index (χ1) is 14.3. The normalized spacial score (nSPS) is 11.8. The summed E-state index contributed by atoms with van der Waals surface area (Å²) < 4.78 is 18.9. The number of carbonyl (C=O) groups excluding carboxylic acids is 2. The molecule has 5 nitrogen and oxygen atoms in total. The van der Waals surface area contributed by atoms with Gasteiger partial charge in [0.15, 0.2) is 6.61 Å². The molecule has 0 fully saturated rings. The predicted octanol–water partition coefficient (Wildman–Crippen LogP) is 4.27. The van der Waals surface area contributed by atoms with Crippen molar-refractivity contribution in [2.45, 2.75) is 52.6 Å². The van der Waals surface area contributed by atoms with E-state index in [2.05, 4.69) is 19.2 Å². The molecule has 2 rings (SSSR count). The highest BCUT2D eigenvalue weighted by molar-refractivity contribution is 5.87. The molecule has 1 atom stereocenters. The van der Waals surface area contributed by atoms with Crippen LogP contribution < -0.4 is 10.1 Å². The fraction of sp³-hybridized carbons (Fsp3) is 0.417. The average Bonchev–Trinajstić information content (AvgIpc) is 2.75. The second kappa shape index (κ2) is 11.3. The first-order valence-electron chi connectivity index (χ1n) is 10.4. The maximum atomic E-state index is 13.2. The maximum Gasteiger partial charge on any atom is 0.261 e. The topological polar surface area (TPSA) is 58.6 Å². The van der Waals surface area contributed by atoms with Crippen LogP contribution in [0.25, 0.3) is 0 Å². The molecular weight excluding hydrogens is 383 g/mol. The highest BCUT2D eigenvalue weighted by Gasteiger charge is 2.26. The van der Waals surface area contributed by atoms with Gasteiger partial charge in [-0.05, 0) is 54.7 Å². The number of hydrogen-bond acceptors (Lipinski definition) is 3. The number of hydrogen-bond donors (Lipinski definition) is 1. The summed E-state index contributed by atoms with van der Waals surface area (Å²) in [5.41, 5.74) is 1.93. The van der Waals surface area contributed by atoms with Gasteiger partial charge in [0.25, 0.3) is 5.91 Å². The molecule has 6 heteroatoms. The first-order valence-corrected chi connectivity index (χ1v) is 10.4. The van der Waals surface area contributed by atoms with E-state index in [1.54, 1.807) is 19.1 Å². The molecule has 1 N–H and O–H groups in total. The second-order valence-corrected chi connectivity index (χ2v) is 7.63. The van der Waals surface area contributed by atoms with Crippen LogP contribution in [0, 0.1) is 5.82 Å². The lowest BCUT2D eigenvalue weighted by Crippen LogP contribution is -2.49. The number of carbonyl (C=O) groups is 2. The molecule has 0 aromatic heterocycles. The molecule has 0 spiro atoms. The molecule has 0 saturated heterocycles. The summed E-state index contributed by atoms with van der Waals surface area (Å²) in [5.74, 6) is 0.116. The van der Waals surface area contributed by atoms with Gasteiger partial charge in [-0.3, -0.25) is 9.59 Å². The van der Waals surface area contributed by atoms with Gasteiger partial charge >= 0.3 is 0 Å². The van der Waals surface area contributed by atoms with Crippen molar-refractivity contribution in [1.29, 1.82) is 0 Å². The van der Waals surface area contributed by atoms with E-state index in [1.165, 1.54) is 22.6 Å². The van der Waals surface area contributed by atoms with Crippen molar-refractivity contribution >= 4 is 11.8 Å². The van der Waals surface area contributed by atoms with Crippen LogP contribution in [0.5, 0.6) is 5.75 Å². The summed E-state index contributed by atoms with van der Waals surface area (Å²) in [7, 11) is 0. The van der Waals surface area contributed by atoms with Crippen molar-refractivity contribution < 1.29 is 18.7 Å². The van der Waals surface area contributed by atoms with Crippen molar-refractivity contribution in [3.63, 3.8) is 0 Å². The van der Waals surface area contributed by atoms with Crippen LogP contribution in [-0.4, -0.2) is 35.9 Å². The lowest BCUT2D eigenvalue weighted by Gasteiger charge is -2.28. The third kappa shape index (κ3) is 6.87. The molecule has 0 saturated carbocycles. The van der Waals surface area contributed by atoms with Gasteiger partial charge < -0.3 is 15.0 Å². The summed E-state index contributed by atoms with van der Waals surface area (Å²) in [6.45, 7) is 8.41. The Hall–Kier alpha value is -2.89. The summed E-state index contributed by atoms with van der Waals surface area (Å²) >= 11 is 0. The number of amides is 2. The van der Waals surface area contributed by atoms with Gasteiger partial charge in [0.1, 0.15) is 17.6 Å². The molecule has 162 valence electrons. The lowest BCUT2D eigenvalue weighted by molar-refractivity contribution is -0.142. The molecule has 0 aliphatic carbocycles. The number of rotatable bonds is 10. The van der Waals surface area contributed by atoms with Crippen LogP contribution in [0.4, 0.5) is 4.39 Å². The van der Waals surface area contributed by atoms with Gasteiger partial charge in [0, 0.05) is 13.1 Å². The van der Waals surface area contributed by atoms with Gasteiger partial charge in [-0.1, -0.05) is 45.0 Å². The van der Waals surface area contributed by atoms with Crippen LogP contribution in [0.15, 0.2) is 48.5 Å². The Morgan fingerprint density at radius 2 is 1.67 bits per heavy atom. The van der Waals surface area contributed by atoms with Crippen molar-refractivity contribution in [3.8, 4) is 5.75 Å². The summed E-state index contributed by atoms with van der Waals surface area (Å²) in [6, 6.07) is 12.8. The Morgan fingerprint density at radius 3 is 2.23 bits per heavy atom. The molecular formula is C24H31FN2O3. The average molecular weight is 415 g/mol. The molecule has 2 aromatic rings. The number of nitrogens with one attached hydrogen (secondary N) is 1. The van der Waals surface area contributed by atoms with Crippen LogP contribution in [-0.2, 0) is 16.1 Å². The van der Waals surface area contributed by atoms with Gasteiger partial charge in [-0.2, -0.15) is 0 Å². The molecule has 0 unspecified atom stereocenters. The van der Waals surface area contributed by atoms with Crippen molar-refractivity contribution in [1.82, 2.24) is 10.2 Å². The Kier molecular flexibility index (Phi) is 8.84. The van der Waals surface area contributed by atoms with Crippen molar-refractivity contribution in [2.24, 2.45) is 0 Å². The van der Waals surface area contributed by atoms with Gasteiger partial charge in [0.05, 0.1) is 0 Å². The summed E-state index contributed by atoms with van der Waals surface area (Å²) in [5, 5.41) is 2.82. The second-order valence-electron chi connectivity index (χ2n) is 7.63. The van der Waals surface area contributed by atoms with E-state index in [0.717, 1.165) is 12.0 Å². The predicted molar refractivity (Wildman–Crippen MR) is 116 cm³/mol. The molecule has 0 aliphatic heterocycles. The maximum absolute atomic E-state index is 13.2. The molecule has 0 radical (unpaired) electrons. The van der Waals surface area contributed by atoms with E-state index in [1.807, 2.05) is 31.2 Å². The number of nitrogens with zero attached hydrogens (tertiary/aromatic N) is 1. The van der Waals surface area contributed by atoms with Gasteiger partial charge in [-0.15, -0.1) is 0 Å². The summed E-state index contributed by atoms with van der Waals surface area (Å²) in [4.78, 5) is 26.9. The van der Waals surface area contributed by atoms with Crippen LogP contribution in [0.1, 0.15) is 51.2 Å². The van der Waals surface area contributed by atoms with Crippen LogP contribution >= 0.6 is 0 Å². The van der Waals surface area contributed by atoms with E-state index < -0.39 is 6.04 Å². The first kappa shape index (κ1) is 23.4. The zero-order valence-corrected chi connectivity index (χ0v) is 18.2. The van der Waals surface area contributed by atoms with E-state index in [4.69, 9.17) is 4.74 Å². The van der Waals surface area contributed by atoms with E-state index in [-0.39, 0.29) is 30.8 Å². The van der Waals surface area contributed by atoms with Crippen molar-refractivity contribution in [2.75, 3.05) is 13.2 Å². The molecule has 0 aliphatic rings. The van der Waals surface area contributed by atoms with Crippen LogP contribution in [0.3, 0.4) is 0 Å². The minimum absolute atomic E-state index is 0.187. The standard InChI is InChI=1S/C24H31FN2O3/c1-5-14-26-24(29)18(4)27(15-19-6-10-21(25)11-7-19)23(28)16-30-22-12-8-20(9-13-22)17(2)3/h6-13,17-18H,5,14-16H2,1-4H3,(H,26,29)/t18-/m0/s1. The largest absolute Gasteiger partial charge is 0.484 e. The lowest BCUT2D eigenvalue weighted by atomic mass is 10.0. The fourth-order valence-electron chi connectivity index (χ4n) is 2.94. The number of halogens is 1. The molecule has 2 amide bonds. The SMILES string of the molecule is CCCNC(=O)[C@H](C)N(Cc1ccc(F)cc1)C(=O)COc1ccc(C(C)C)cc1. The smallest absolute Gasteiger partial charge is 0.261 e. The van der Waals surface area contributed by atoms with Crippen LogP contribution in [0.2, 0.25) is 0 Å². The highest BCUT2D eigenvalue weighted by Crippen LogP contribution is 2.19. The Labute approximate surface area is 178 Å². The van der Waals surface area contributed by atoms with E-state index in [0.29, 0.717) is 18.2 Å². The van der Waals surface area contributed by atoms with E-state index >= 15 is 0 Å². The number of benzene rings is 2. The Bertz CT molecular complexity index is 819. The zero-order valence-electron chi connectivity index (χ0n) is 18.2. The van der Waals surface area contributed by atoms with Gasteiger partial charge in [0.2, 0.25) is 5.91 Å². The van der Waals surface area contributed by atoms with Crippen molar-refractivity contribution in [3.05, 3.63) is 65.5 Å². The van der Waals surface area contributed by atoms with Gasteiger partial charge in [-0.25, -0.2) is 4.39 Å². The quantitative estimate of drug-likeness (QED) is 0.632. The third-order valence-electron chi connectivity index (χ3n) is 4.89. The Morgan fingerprint density at radius 1 is 1.03 bits per heavy atom.